The molecule has 0 bridgehead atoms. The predicted molar refractivity (Wildman–Crippen MR) is 98.7 cm³/mol. The molecule has 1 aliphatic rings. The fraction of sp³-hybridized carbons (Fsp3) is 0.300. The number of benzene rings is 2. The minimum atomic E-state index is -0.0957. The van der Waals surface area contributed by atoms with Crippen LogP contribution in [0.2, 0.25) is 0 Å². The zero-order valence-corrected chi connectivity index (χ0v) is 14.3. The molecule has 1 amide bonds. The maximum atomic E-state index is 12.3. The number of Topliss-reactive ketones (excluding diaryl/α,β-unsaturated/α-hetero) is 1. The number of nitrogens with one attached hydrogen (secondary N) is 1. The Hall–Kier alpha value is -2.50. The summed E-state index contributed by atoms with van der Waals surface area (Å²) in [6, 6.07) is 17.2. The summed E-state index contributed by atoms with van der Waals surface area (Å²) in [5.74, 6) is 0.129. The van der Waals surface area contributed by atoms with Crippen molar-refractivity contribution in [1.29, 1.82) is 0 Å². The molecular formula is C20H23N3O2. The van der Waals surface area contributed by atoms with Gasteiger partial charge in [-0.1, -0.05) is 42.5 Å². The summed E-state index contributed by atoms with van der Waals surface area (Å²) in [6.45, 7) is 3.27. The average Bonchev–Trinajstić information content (AvgIpc) is 2.96. The van der Waals surface area contributed by atoms with E-state index >= 15 is 0 Å². The van der Waals surface area contributed by atoms with Crippen LogP contribution in [0.15, 0.2) is 54.6 Å². The molecule has 25 heavy (non-hydrogen) atoms. The summed E-state index contributed by atoms with van der Waals surface area (Å²) in [7, 11) is 0. The lowest BCUT2D eigenvalue weighted by molar-refractivity contribution is -0.117. The van der Waals surface area contributed by atoms with Crippen LogP contribution < -0.4 is 11.1 Å². The highest BCUT2D eigenvalue weighted by Gasteiger charge is 2.31. The number of hydrogen-bond donors (Lipinski definition) is 2. The fourth-order valence-electron chi connectivity index (χ4n) is 3.31. The maximum absolute atomic E-state index is 12.3. The van der Waals surface area contributed by atoms with Crippen molar-refractivity contribution in [2.24, 2.45) is 5.73 Å². The van der Waals surface area contributed by atoms with Crippen LogP contribution in [0.4, 0.5) is 5.69 Å². The van der Waals surface area contributed by atoms with Crippen molar-refractivity contribution >= 4 is 17.4 Å². The van der Waals surface area contributed by atoms with Crippen LogP contribution >= 0.6 is 0 Å². The van der Waals surface area contributed by atoms with Crippen LogP contribution in [0.1, 0.15) is 28.8 Å². The third kappa shape index (κ3) is 4.32. The Bertz CT molecular complexity index is 761. The highest BCUT2D eigenvalue weighted by molar-refractivity contribution is 5.97. The average molecular weight is 337 g/mol. The van der Waals surface area contributed by atoms with Crippen molar-refractivity contribution in [3.05, 3.63) is 65.7 Å². The Morgan fingerprint density at radius 3 is 2.60 bits per heavy atom. The summed E-state index contributed by atoms with van der Waals surface area (Å²) in [5.41, 5.74) is 8.71. The number of amides is 1. The van der Waals surface area contributed by atoms with Gasteiger partial charge in [0, 0.05) is 36.3 Å². The van der Waals surface area contributed by atoms with Gasteiger partial charge in [0.15, 0.2) is 5.78 Å². The summed E-state index contributed by atoms with van der Waals surface area (Å²) in [5, 5.41) is 2.86. The molecule has 3 rings (SSSR count). The quantitative estimate of drug-likeness (QED) is 0.821. The van der Waals surface area contributed by atoms with Crippen LogP contribution in [0.25, 0.3) is 0 Å². The van der Waals surface area contributed by atoms with Crippen LogP contribution in [-0.4, -0.2) is 42.3 Å². The molecule has 0 aliphatic carbocycles. The molecule has 5 heteroatoms. The van der Waals surface area contributed by atoms with Gasteiger partial charge in [0.1, 0.15) is 0 Å². The molecule has 5 nitrogen and oxygen atoms in total. The number of carbonyl (C=O) groups is 2. The van der Waals surface area contributed by atoms with Crippen molar-refractivity contribution < 1.29 is 9.59 Å². The van der Waals surface area contributed by atoms with Crippen molar-refractivity contribution in [2.75, 3.05) is 25.0 Å². The number of nitrogens with zero attached hydrogens (tertiary/aromatic N) is 1. The number of carbonyl (C=O) groups excluding carboxylic acids is 2. The minimum Gasteiger partial charge on any atom is -0.326 e. The number of anilines is 1. The monoisotopic (exact) mass is 337 g/mol. The molecule has 0 spiro atoms. The number of likely N-dealkylation sites (tertiary alicyclic amines) is 1. The Balaban J connectivity index is 1.59. The molecule has 0 radical (unpaired) electrons. The van der Waals surface area contributed by atoms with Crippen LogP contribution in [0.3, 0.4) is 0 Å². The van der Waals surface area contributed by atoms with Gasteiger partial charge in [-0.3, -0.25) is 14.5 Å². The van der Waals surface area contributed by atoms with E-state index < -0.39 is 0 Å². The molecule has 0 saturated carbocycles. The van der Waals surface area contributed by atoms with Gasteiger partial charge in [-0.25, -0.2) is 0 Å². The van der Waals surface area contributed by atoms with E-state index in [4.69, 9.17) is 5.73 Å². The molecule has 2 aromatic carbocycles. The highest BCUT2D eigenvalue weighted by Crippen LogP contribution is 2.26. The maximum Gasteiger partial charge on any atom is 0.238 e. The second-order valence-electron chi connectivity index (χ2n) is 6.56. The van der Waals surface area contributed by atoms with Gasteiger partial charge in [-0.05, 0) is 24.6 Å². The molecule has 1 heterocycles. The Labute approximate surface area is 147 Å². The first kappa shape index (κ1) is 17.3. The largest absolute Gasteiger partial charge is 0.326 e. The molecule has 0 unspecified atom stereocenters. The van der Waals surface area contributed by atoms with Crippen molar-refractivity contribution in [3.8, 4) is 0 Å². The van der Waals surface area contributed by atoms with Crippen LogP contribution in [0.5, 0.6) is 0 Å². The van der Waals surface area contributed by atoms with Gasteiger partial charge in [-0.2, -0.15) is 0 Å². The number of ketones is 1. The van der Waals surface area contributed by atoms with Crippen LogP contribution in [-0.2, 0) is 4.79 Å². The molecular weight excluding hydrogens is 314 g/mol. The normalized spacial score (nSPS) is 20.4. The number of nitrogens with two attached hydrogens (primary N) is 1. The van der Waals surface area contributed by atoms with Crippen LogP contribution in [0, 0.1) is 0 Å². The number of rotatable bonds is 5. The van der Waals surface area contributed by atoms with Gasteiger partial charge in [0.2, 0.25) is 5.91 Å². The lowest BCUT2D eigenvalue weighted by Gasteiger charge is -2.16. The van der Waals surface area contributed by atoms with Gasteiger partial charge in [0.05, 0.1) is 6.54 Å². The van der Waals surface area contributed by atoms with Gasteiger partial charge in [0.25, 0.3) is 0 Å². The molecule has 2 atom stereocenters. The molecule has 3 N–H and O–H groups in total. The Morgan fingerprint density at radius 2 is 1.88 bits per heavy atom. The lowest BCUT2D eigenvalue weighted by atomic mass is 9.95. The molecule has 0 aromatic heterocycles. The predicted octanol–water partition coefficient (Wildman–Crippen LogP) is 2.25. The SMILES string of the molecule is CC(=O)c1cccc(NC(=O)CN2C[C@@H](N)[C@H](c3ccccc3)C2)c1. The summed E-state index contributed by atoms with van der Waals surface area (Å²) < 4.78 is 0. The Morgan fingerprint density at radius 1 is 1.12 bits per heavy atom. The molecule has 130 valence electrons. The first-order valence-corrected chi connectivity index (χ1v) is 8.46. The van der Waals surface area contributed by atoms with E-state index in [0.29, 0.717) is 24.3 Å². The third-order valence-electron chi connectivity index (χ3n) is 4.59. The van der Waals surface area contributed by atoms with Gasteiger partial charge < -0.3 is 11.1 Å². The van der Waals surface area contributed by atoms with Gasteiger partial charge in [-0.15, -0.1) is 0 Å². The van der Waals surface area contributed by atoms with Crippen molar-refractivity contribution in [3.63, 3.8) is 0 Å². The zero-order valence-electron chi connectivity index (χ0n) is 14.3. The second-order valence-corrected chi connectivity index (χ2v) is 6.56. The molecule has 1 aliphatic heterocycles. The second kappa shape index (κ2) is 7.59. The fourth-order valence-corrected chi connectivity index (χ4v) is 3.31. The standard InChI is InChI=1S/C20H23N3O2/c1-14(24)16-8-5-9-17(10-16)22-20(25)13-23-11-18(19(21)12-23)15-6-3-2-4-7-15/h2-10,18-19H,11-13,21H2,1H3,(H,22,25)/t18-,19+/m0/s1. The van der Waals surface area contributed by atoms with Crippen molar-refractivity contribution in [1.82, 2.24) is 4.90 Å². The van der Waals surface area contributed by atoms with E-state index in [9.17, 15) is 9.59 Å². The van der Waals surface area contributed by atoms with E-state index in [0.717, 1.165) is 6.54 Å². The first-order chi connectivity index (χ1) is 12.0. The highest BCUT2D eigenvalue weighted by atomic mass is 16.2. The smallest absolute Gasteiger partial charge is 0.238 e. The summed E-state index contributed by atoms with van der Waals surface area (Å²) in [4.78, 5) is 25.8. The van der Waals surface area contributed by atoms with E-state index in [-0.39, 0.29) is 23.7 Å². The topological polar surface area (TPSA) is 75.4 Å². The molecule has 1 saturated heterocycles. The Kier molecular flexibility index (Phi) is 5.26. The van der Waals surface area contributed by atoms with Gasteiger partial charge >= 0.3 is 0 Å². The summed E-state index contributed by atoms with van der Waals surface area (Å²) >= 11 is 0. The molecule has 1 fully saturated rings. The third-order valence-corrected chi connectivity index (χ3v) is 4.59. The van der Waals surface area contributed by atoms with Crippen molar-refractivity contribution in [2.45, 2.75) is 18.9 Å². The van der Waals surface area contributed by atoms with E-state index in [1.165, 1.54) is 12.5 Å². The van der Waals surface area contributed by atoms with E-state index in [2.05, 4.69) is 22.3 Å². The minimum absolute atomic E-state index is 0.0210. The molecule has 2 aromatic rings. The van der Waals surface area contributed by atoms with E-state index in [1.807, 2.05) is 18.2 Å². The lowest BCUT2D eigenvalue weighted by Crippen LogP contribution is -2.33. The number of hydrogen-bond acceptors (Lipinski definition) is 4. The zero-order chi connectivity index (χ0) is 17.8. The first-order valence-electron chi connectivity index (χ1n) is 8.46. The van der Waals surface area contributed by atoms with E-state index in [1.54, 1.807) is 24.3 Å². The summed E-state index contributed by atoms with van der Waals surface area (Å²) in [6.07, 6.45) is 0.